The van der Waals surface area contributed by atoms with Crippen LogP contribution in [0.25, 0.3) is 10.8 Å². The van der Waals surface area contributed by atoms with E-state index < -0.39 is 24.1 Å². The summed E-state index contributed by atoms with van der Waals surface area (Å²) in [6.45, 7) is 0.347. The van der Waals surface area contributed by atoms with Crippen LogP contribution in [0.15, 0.2) is 60.7 Å². The molecule has 0 radical (unpaired) electrons. The van der Waals surface area contributed by atoms with E-state index in [1.165, 1.54) is 4.90 Å². The molecule has 0 saturated heterocycles. The summed E-state index contributed by atoms with van der Waals surface area (Å²) in [6.07, 6.45) is -0.711. The van der Waals surface area contributed by atoms with Crippen molar-refractivity contribution in [2.75, 3.05) is 0 Å². The van der Waals surface area contributed by atoms with Crippen LogP contribution in [0.5, 0.6) is 0 Å². The standard InChI is InChI=1S/C22H17Cl2NO4/c23-18-8-15(9-19(24)10-18)13-25(21(27)11-20(26)22(28)29)12-14-5-6-16-3-1-2-4-17(16)7-14/h1-10H,11-13H2,(H,28,29). The number of hydrogen-bond acceptors (Lipinski definition) is 3. The maximum absolute atomic E-state index is 12.7. The Morgan fingerprint density at radius 1 is 0.793 bits per heavy atom. The monoisotopic (exact) mass is 429 g/mol. The van der Waals surface area contributed by atoms with Gasteiger partial charge in [-0.3, -0.25) is 9.59 Å². The number of hydrogen-bond donors (Lipinski definition) is 1. The Hall–Kier alpha value is -2.89. The van der Waals surface area contributed by atoms with Crippen molar-refractivity contribution in [1.82, 2.24) is 4.90 Å². The molecule has 0 aliphatic heterocycles. The minimum absolute atomic E-state index is 0.138. The van der Waals surface area contributed by atoms with Crippen LogP contribution in [-0.2, 0) is 27.5 Å². The fourth-order valence-electron chi connectivity index (χ4n) is 3.04. The number of Topliss-reactive ketones (excluding diaryl/α,β-unsaturated/α-hetero) is 1. The molecular formula is C22H17Cl2NO4. The highest BCUT2D eigenvalue weighted by atomic mass is 35.5. The van der Waals surface area contributed by atoms with Crippen molar-refractivity contribution in [2.24, 2.45) is 0 Å². The van der Waals surface area contributed by atoms with Gasteiger partial charge in [0.15, 0.2) is 0 Å². The van der Waals surface area contributed by atoms with Crippen LogP contribution < -0.4 is 0 Å². The van der Waals surface area contributed by atoms with Gasteiger partial charge in [0.05, 0.1) is 6.42 Å². The summed E-state index contributed by atoms with van der Waals surface area (Å²) in [6, 6.07) is 18.6. The number of carbonyl (C=O) groups excluding carboxylic acids is 2. The van der Waals surface area contributed by atoms with Crippen LogP contribution in [0.4, 0.5) is 0 Å². The average molecular weight is 430 g/mol. The lowest BCUT2D eigenvalue weighted by Crippen LogP contribution is -2.33. The zero-order chi connectivity index (χ0) is 21.0. The number of rotatable bonds is 7. The molecule has 0 heterocycles. The lowest BCUT2D eigenvalue weighted by molar-refractivity contribution is -0.151. The Bertz CT molecular complexity index is 1080. The maximum Gasteiger partial charge on any atom is 0.372 e. The number of carboxylic acids is 1. The van der Waals surface area contributed by atoms with Crippen molar-refractivity contribution in [2.45, 2.75) is 19.5 Å². The summed E-state index contributed by atoms with van der Waals surface area (Å²) in [7, 11) is 0. The first kappa shape index (κ1) is 20.8. The maximum atomic E-state index is 12.7. The topological polar surface area (TPSA) is 74.7 Å². The van der Waals surface area contributed by atoms with Gasteiger partial charge in [0, 0.05) is 23.1 Å². The first-order chi connectivity index (χ1) is 13.8. The summed E-state index contributed by atoms with van der Waals surface area (Å²) in [5.41, 5.74) is 1.53. The molecule has 0 unspecified atom stereocenters. The average Bonchev–Trinajstić information content (AvgIpc) is 2.66. The molecule has 0 aliphatic rings. The van der Waals surface area contributed by atoms with Crippen LogP contribution in [-0.4, -0.2) is 27.7 Å². The van der Waals surface area contributed by atoms with Crippen molar-refractivity contribution in [3.63, 3.8) is 0 Å². The highest BCUT2D eigenvalue weighted by molar-refractivity contribution is 6.36. The molecule has 0 bridgehead atoms. The van der Waals surface area contributed by atoms with Crippen LogP contribution in [0, 0.1) is 0 Å². The molecule has 3 rings (SSSR count). The summed E-state index contributed by atoms with van der Waals surface area (Å²) in [5, 5.41) is 11.8. The third-order valence-corrected chi connectivity index (χ3v) is 4.82. The van der Waals surface area contributed by atoms with Gasteiger partial charge in [-0.2, -0.15) is 0 Å². The number of benzene rings is 3. The predicted octanol–water partition coefficient (Wildman–Crippen LogP) is 4.72. The summed E-state index contributed by atoms with van der Waals surface area (Å²) in [5.74, 6) is -3.36. The number of fused-ring (bicyclic) bond motifs is 1. The Balaban J connectivity index is 1.88. The van der Waals surface area contributed by atoms with E-state index in [0.29, 0.717) is 15.6 Å². The Morgan fingerprint density at radius 3 is 2.07 bits per heavy atom. The predicted molar refractivity (Wildman–Crippen MR) is 112 cm³/mol. The van der Waals surface area contributed by atoms with Gasteiger partial charge in [0.1, 0.15) is 0 Å². The second kappa shape index (κ2) is 9.07. The minimum atomic E-state index is -1.63. The summed E-state index contributed by atoms with van der Waals surface area (Å²) in [4.78, 5) is 36.5. The molecule has 0 atom stereocenters. The van der Waals surface area contributed by atoms with Crippen LogP contribution >= 0.6 is 23.2 Å². The van der Waals surface area contributed by atoms with E-state index >= 15 is 0 Å². The van der Waals surface area contributed by atoms with Crippen LogP contribution in [0.3, 0.4) is 0 Å². The largest absolute Gasteiger partial charge is 0.475 e. The van der Waals surface area contributed by atoms with Crippen LogP contribution in [0.1, 0.15) is 17.5 Å². The van der Waals surface area contributed by atoms with Gasteiger partial charge >= 0.3 is 5.97 Å². The quantitative estimate of drug-likeness (QED) is 0.435. The van der Waals surface area contributed by atoms with Gasteiger partial charge < -0.3 is 10.0 Å². The summed E-state index contributed by atoms with van der Waals surface area (Å²) >= 11 is 12.1. The molecule has 29 heavy (non-hydrogen) atoms. The van der Waals surface area contributed by atoms with Crippen molar-refractivity contribution < 1.29 is 19.5 Å². The Labute approximate surface area is 177 Å². The van der Waals surface area contributed by atoms with E-state index in [-0.39, 0.29) is 13.1 Å². The van der Waals surface area contributed by atoms with E-state index in [9.17, 15) is 14.4 Å². The second-order valence-corrected chi connectivity index (χ2v) is 7.49. The number of carbonyl (C=O) groups is 3. The number of ketones is 1. The van der Waals surface area contributed by atoms with E-state index in [0.717, 1.165) is 16.3 Å². The fourth-order valence-corrected chi connectivity index (χ4v) is 3.61. The van der Waals surface area contributed by atoms with Gasteiger partial charge in [-0.1, -0.05) is 59.6 Å². The number of halogens is 2. The minimum Gasteiger partial charge on any atom is -0.475 e. The van der Waals surface area contributed by atoms with E-state index in [1.807, 2.05) is 42.5 Å². The van der Waals surface area contributed by atoms with Gasteiger partial charge in [0.25, 0.3) is 0 Å². The van der Waals surface area contributed by atoms with Crippen LogP contribution in [0.2, 0.25) is 10.0 Å². The third-order valence-electron chi connectivity index (χ3n) is 4.39. The molecule has 0 saturated carbocycles. The number of amides is 1. The molecular weight excluding hydrogens is 413 g/mol. The molecule has 3 aromatic rings. The molecule has 7 heteroatoms. The SMILES string of the molecule is O=C(O)C(=O)CC(=O)N(Cc1cc(Cl)cc(Cl)c1)Cc1ccc2ccccc2c1. The zero-order valence-electron chi connectivity index (χ0n) is 15.3. The molecule has 5 nitrogen and oxygen atoms in total. The number of carboxylic acid groups (broad SMARTS) is 1. The van der Waals surface area contributed by atoms with E-state index in [4.69, 9.17) is 28.3 Å². The molecule has 1 amide bonds. The highest BCUT2D eigenvalue weighted by Crippen LogP contribution is 2.22. The Morgan fingerprint density at radius 2 is 1.41 bits per heavy atom. The van der Waals surface area contributed by atoms with Crippen molar-refractivity contribution in [3.05, 3.63) is 81.8 Å². The first-order valence-electron chi connectivity index (χ1n) is 8.78. The molecule has 148 valence electrons. The molecule has 0 aromatic heterocycles. The molecule has 0 spiro atoms. The third kappa shape index (κ3) is 5.56. The van der Waals surface area contributed by atoms with Gasteiger partial charge in [0.2, 0.25) is 11.7 Å². The van der Waals surface area contributed by atoms with E-state index in [2.05, 4.69) is 0 Å². The lowest BCUT2D eigenvalue weighted by atomic mass is 10.1. The second-order valence-electron chi connectivity index (χ2n) is 6.61. The Kier molecular flexibility index (Phi) is 6.52. The van der Waals surface area contributed by atoms with Gasteiger partial charge in [-0.25, -0.2) is 4.79 Å². The first-order valence-corrected chi connectivity index (χ1v) is 9.54. The van der Waals surface area contributed by atoms with Crippen molar-refractivity contribution >= 4 is 51.6 Å². The molecule has 1 N–H and O–H groups in total. The summed E-state index contributed by atoms with van der Waals surface area (Å²) < 4.78 is 0. The smallest absolute Gasteiger partial charge is 0.372 e. The highest BCUT2D eigenvalue weighted by Gasteiger charge is 2.22. The molecule has 0 aliphatic carbocycles. The van der Waals surface area contributed by atoms with Gasteiger partial charge in [-0.15, -0.1) is 0 Å². The normalized spacial score (nSPS) is 10.7. The molecule has 0 fully saturated rings. The van der Waals surface area contributed by atoms with Crippen molar-refractivity contribution in [3.8, 4) is 0 Å². The molecule has 3 aromatic carbocycles. The van der Waals surface area contributed by atoms with E-state index in [1.54, 1.807) is 18.2 Å². The number of nitrogens with zero attached hydrogens (tertiary/aromatic N) is 1. The van der Waals surface area contributed by atoms with Gasteiger partial charge in [-0.05, 0) is 46.2 Å². The van der Waals surface area contributed by atoms with Crippen molar-refractivity contribution in [1.29, 1.82) is 0 Å². The lowest BCUT2D eigenvalue weighted by Gasteiger charge is -2.23. The fraction of sp³-hybridized carbons (Fsp3) is 0.136. The number of aliphatic carboxylic acids is 1. The zero-order valence-corrected chi connectivity index (χ0v) is 16.8.